The fraction of sp³-hybridized carbons (Fsp3) is 0.529. The van der Waals surface area contributed by atoms with E-state index in [0.717, 1.165) is 5.75 Å². The molecule has 1 aliphatic heterocycles. The Morgan fingerprint density at radius 1 is 1.44 bits per heavy atom. The molecule has 0 bridgehead atoms. The Bertz CT molecular complexity index is 624. The number of nitrogens with two attached hydrogens (primary N) is 1. The van der Waals surface area contributed by atoms with Crippen LogP contribution in [0.1, 0.15) is 19.3 Å². The number of rotatable bonds is 6. The first-order valence-corrected chi connectivity index (χ1v) is 9.98. The largest absolute Gasteiger partial charge is 0.341 e. The SMILES string of the molecule is CSCC[C@H](N)C(=O)N1CCC(C(=O)Nc2ccc(F)c(Cl)c2)CC1. The Morgan fingerprint density at radius 2 is 2.12 bits per heavy atom. The maximum absolute atomic E-state index is 13.2. The van der Waals surface area contributed by atoms with Crippen LogP contribution in [0.5, 0.6) is 0 Å². The molecule has 0 unspecified atom stereocenters. The van der Waals surface area contributed by atoms with Gasteiger partial charge in [-0.1, -0.05) is 11.6 Å². The zero-order valence-corrected chi connectivity index (χ0v) is 15.7. The number of benzene rings is 1. The van der Waals surface area contributed by atoms with Gasteiger partial charge in [-0.3, -0.25) is 9.59 Å². The van der Waals surface area contributed by atoms with Crippen molar-refractivity contribution in [2.24, 2.45) is 11.7 Å². The van der Waals surface area contributed by atoms with Crippen molar-refractivity contribution in [3.8, 4) is 0 Å². The van der Waals surface area contributed by atoms with Gasteiger partial charge in [-0.2, -0.15) is 11.8 Å². The highest BCUT2D eigenvalue weighted by Crippen LogP contribution is 2.23. The molecule has 25 heavy (non-hydrogen) atoms. The Balaban J connectivity index is 1.83. The van der Waals surface area contributed by atoms with Crippen molar-refractivity contribution in [1.29, 1.82) is 0 Å². The van der Waals surface area contributed by atoms with E-state index in [2.05, 4.69) is 5.32 Å². The summed E-state index contributed by atoms with van der Waals surface area (Å²) in [4.78, 5) is 26.4. The molecule has 1 saturated heterocycles. The summed E-state index contributed by atoms with van der Waals surface area (Å²) in [7, 11) is 0. The zero-order valence-electron chi connectivity index (χ0n) is 14.1. The monoisotopic (exact) mass is 387 g/mol. The molecule has 2 amide bonds. The van der Waals surface area contributed by atoms with Crippen LogP contribution in [0.15, 0.2) is 18.2 Å². The molecule has 0 saturated carbocycles. The van der Waals surface area contributed by atoms with Crippen LogP contribution < -0.4 is 11.1 Å². The van der Waals surface area contributed by atoms with Crippen molar-refractivity contribution in [3.63, 3.8) is 0 Å². The number of amides is 2. The van der Waals surface area contributed by atoms with Gasteiger partial charge in [0.1, 0.15) is 5.82 Å². The number of carbonyl (C=O) groups is 2. The number of likely N-dealkylation sites (tertiary alicyclic amines) is 1. The van der Waals surface area contributed by atoms with Gasteiger partial charge in [-0.05, 0) is 49.5 Å². The molecular formula is C17H23ClFN3O2S. The second kappa shape index (κ2) is 9.40. The number of piperidine rings is 1. The quantitative estimate of drug-likeness (QED) is 0.787. The second-order valence-corrected chi connectivity index (χ2v) is 7.50. The van der Waals surface area contributed by atoms with Gasteiger partial charge in [0.2, 0.25) is 11.8 Å². The highest BCUT2D eigenvalue weighted by Gasteiger charge is 2.29. The predicted octanol–water partition coefficient (Wildman–Crippen LogP) is 2.74. The summed E-state index contributed by atoms with van der Waals surface area (Å²) in [5, 5.41) is 2.72. The Labute approximate surface area is 156 Å². The topological polar surface area (TPSA) is 75.4 Å². The lowest BCUT2D eigenvalue weighted by Gasteiger charge is -2.33. The van der Waals surface area contributed by atoms with Gasteiger partial charge in [-0.25, -0.2) is 4.39 Å². The molecule has 1 atom stereocenters. The Hall–Kier alpha value is -1.31. The number of hydrogen-bond donors (Lipinski definition) is 2. The highest BCUT2D eigenvalue weighted by atomic mass is 35.5. The van der Waals surface area contributed by atoms with Gasteiger partial charge in [0.05, 0.1) is 11.1 Å². The van der Waals surface area contributed by atoms with Crippen molar-refractivity contribution in [3.05, 3.63) is 29.0 Å². The summed E-state index contributed by atoms with van der Waals surface area (Å²) in [5.74, 6) is -0.0364. The standard InChI is InChI=1S/C17H23ClFN3O2S/c1-25-9-6-15(20)17(24)22-7-4-11(5-8-22)16(23)21-12-2-3-14(19)13(18)10-12/h2-3,10-11,15H,4-9,20H2,1H3,(H,21,23)/t15-/m0/s1. The van der Waals surface area contributed by atoms with Gasteiger partial charge < -0.3 is 16.0 Å². The van der Waals surface area contributed by atoms with E-state index in [9.17, 15) is 14.0 Å². The Morgan fingerprint density at radius 3 is 2.72 bits per heavy atom. The molecule has 1 fully saturated rings. The molecule has 138 valence electrons. The summed E-state index contributed by atoms with van der Waals surface area (Å²) < 4.78 is 13.2. The van der Waals surface area contributed by atoms with E-state index in [-0.39, 0.29) is 22.8 Å². The van der Waals surface area contributed by atoms with E-state index >= 15 is 0 Å². The van der Waals surface area contributed by atoms with E-state index in [1.807, 2.05) is 6.26 Å². The number of anilines is 1. The Kier molecular flexibility index (Phi) is 7.53. The minimum Gasteiger partial charge on any atom is -0.341 e. The summed E-state index contributed by atoms with van der Waals surface area (Å²) in [6.07, 6.45) is 3.81. The van der Waals surface area contributed by atoms with Gasteiger partial charge in [0, 0.05) is 24.7 Å². The van der Waals surface area contributed by atoms with Gasteiger partial charge in [-0.15, -0.1) is 0 Å². The van der Waals surface area contributed by atoms with Crippen LogP contribution in [-0.2, 0) is 9.59 Å². The van der Waals surface area contributed by atoms with Crippen molar-refractivity contribution in [2.45, 2.75) is 25.3 Å². The second-order valence-electron chi connectivity index (χ2n) is 6.11. The lowest BCUT2D eigenvalue weighted by molar-refractivity contribution is -0.135. The van der Waals surface area contributed by atoms with Crippen molar-refractivity contribution in [1.82, 2.24) is 4.90 Å². The number of halogens is 2. The molecule has 1 aliphatic rings. The third-order valence-corrected chi connectivity index (χ3v) is 5.25. The summed E-state index contributed by atoms with van der Waals surface area (Å²) in [6, 6.07) is 3.61. The first kappa shape index (κ1) is 20.0. The summed E-state index contributed by atoms with van der Waals surface area (Å²) in [5.41, 5.74) is 6.40. The van der Waals surface area contributed by atoms with E-state index in [0.29, 0.717) is 38.0 Å². The van der Waals surface area contributed by atoms with Crippen molar-refractivity contribution >= 4 is 40.9 Å². The van der Waals surface area contributed by atoms with E-state index in [4.69, 9.17) is 17.3 Å². The number of nitrogens with one attached hydrogen (secondary N) is 1. The van der Waals surface area contributed by atoms with E-state index in [1.165, 1.54) is 18.2 Å². The normalized spacial score (nSPS) is 16.6. The van der Waals surface area contributed by atoms with Crippen LogP contribution in [0, 0.1) is 11.7 Å². The molecule has 0 radical (unpaired) electrons. The maximum Gasteiger partial charge on any atom is 0.239 e. The van der Waals surface area contributed by atoms with Crippen LogP contribution in [-0.4, -0.2) is 47.9 Å². The highest BCUT2D eigenvalue weighted by molar-refractivity contribution is 7.98. The fourth-order valence-corrected chi connectivity index (χ4v) is 3.45. The zero-order chi connectivity index (χ0) is 18.4. The molecule has 1 aromatic carbocycles. The van der Waals surface area contributed by atoms with Crippen LogP contribution in [0.3, 0.4) is 0 Å². The predicted molar refractivity (Wildman–Crippen MR) is 100 cm³/mol. The fourth-order valence-electron chi connectivity index (χ4n) is 2.78. The first-order chi connectivity index (χ1) is 11.9. The molecule has 0 aromatic heterocycles. The molecular weight excluding hydrogens is 365 g/mol. The minimum absolute atomic E-state index is 0.0301. The van der Waals surface area contributed by atoms with Crippen LogP contribution in [0.2, 0.25) is 5.02 Å². The molecule has 1 heterocycles. The number of thioether (sulfide) groups is 1. The molecule has 0 spiro atoms. The minimum atomic E-state index is -0.524. The molecule has 5 nitrogen and oxygen atoms in total. The maximum atomic E-state index is 13.2. The first-order valence-electron chi connectivity index (χ1n) is 8.21. The summed E-state index contributed by atoms with van der Waals surface area (Å²) in [6.45, 7) is 1.04. The van der Waals surface area contributed by atoms with Gasteiger partial charge >= 0.3 is 0 Å². The third kappa shape index (κ3) is 5.59. The average molecular weight is 388 g/mol. The lowest BCUT2D eigenvalue weighted by Crippen LogP contribution is -2.48. The lowest BCUT2D eigenvalue weighted by atomic mass is 9.95. The van der Waals surface area contributed by atoms with Gasteiger partial charge in [0.15, 0.2) is 0 Å². The molecule has 8 heteroatoms. The van der Waals surface area contributed by atoms with Crippen molar-refractivity contribution in [2.75, 3.05) is 30.4 Å². The summed E-state index contributed by atoms with van der Waals surface area (Å²) >= 11 is 7.38. The van der Waals surface area contributed by atoms with Crippen LogP contribution in [0.4, 0.5) is 10.1 Å². The number of carbonyl (C=O) groups excluding carboxylic acids is 2. The molecule has 0 aliphatic carbocycles. The van der Waals surface area contributed by atoms with E-state index in [1.54, 1.807) is 16.7 Å². The smallest absolute Gasteiger partial charge is 0.239 e. The van der Waals surface area contributed by atoms with Gasteiger partial charge in [0.25, 0.3) is 0 Å². The number of hydrogen-bond acceptors (Lipinski definition) is 4. The average Bonchev–Trinajstić information content (AvgIpc) is 2.62. The van der Waals surface area contributed by atoms with Crippen LogP contribution in [0.25, 0.3) is 0 Å². The third-order valence-electron chi connectivity index (χ3n) is 4.31. The van der Waals surface area contributed by atoms with E-state index < -0.39 is 11.9 Å². The van der Waals surface area contributed by atoms with Crippen molar-refractivity contribution < 1.29 is 14.0 Å². The number of nitrogens with zero attached hydrogens (tertiary/aromatic N) is 1. The molecule has 1 aromatic rings. The molecule has 2 rings (SSSR count). The molecule has 3 N–H and O–H groups in total. The van der Waals surface area contributed by atoms with Crippen LogP contribution >= 0.6 is 23.4 Å².